The lowest BCUT2D eigenvalue weighted by Gasteiger charge is -2.03. The Morgan fingerprint density at radius 1 is 1.29 bits per heavy atom. The number of nitrogens with two attached hydrogens (primary N) is 1. The zero-order chi connectivity index (χ0) is 10.2. The van der Waals surface area contributed by atoms with Crippen molar-refractivity contribution in [3.63, 3.8) is 0 Å². The van der Waals surface area contributed by atoms with Gasteiger partial charge in [-0.25, -0.2) is 5.90 Å². The lowest BCUT2D eigenvalue weighted by Crippen LogP contribution is -2.01. The smallest absolute Gasteiger partial charge is 0.119 e. The molecular weight excluding hydrogens is 178 g/mol. The Labute approximate surface area is 84.8 Å². The minimum Gasteiger partial charge on any atom is -0.497 e. The Morgan fingerprint density at radius 2 is 2.14 bits per heavy atom. The van der Waals surface area contributed by atoms with Crippen LogP contribution in [0.5, 0.6) is 5.75 Å². The van der Waals surface area contributed by atoms with Gasteiger partial charge in [0.1, 0.15) is 5.75 Å². The van der Waals surface area contributed by atoms with Gasteiger partial charge in [0, 0.05) is 0 Å². The molecule has 0 amide bonds. The van der Waals surface area contributed by atoms with Crippen molar-refractivity contribution in [2.24, 2.45) is 5.90 Å². The first-order valence-electron chi connectivity index (χ1n) is 4.81. The average molecular weight is 195 g/mol. The van der Waals surface area contributed by atoms with Gasteiger partial charge in [0.05, 0.1) is 13.7 Å². The third-order valence-electron chi connectivity index (χ3n) is 2.11. The van der Waals surface area contributed by atoms with E-state index in [0.717, 1.165) is 25.0 Å². The van der Waals surface area contributed by atoms with E-state index < -0.39 is 0 Å². The van der Waals surface area contributed by atoms with Crippen LogP contribution >= 0.6 is 0 Å². The summed E-state index contributed by atoms with van der Waals surface area (Å²) in [5.74, 6) is 5.85. The minimum absolute atomic E-state index is 0.629. The molecule has 0 bridgehead atoms. The molecule has 0 aliphatic carbocycles. The van der Waals surface area contributed by atoms with Gasteiger partial charge < -0.3 is 9.57 Å². The second-order valence-corrected chi connectivity index (χ2v) is 3.18. The molecular formula is C11H17NO2. The molecule has 3 nitrogen and oxygen atoms in total. The standard InChI is InChI=1S/C11H17NO2/c1-13-11-7-4-6-10(9-11)5-2-3-8-14-12/h4,6-7,9H,2-3,5,8,12H2,1H3. The van der Waals surface area contributed by atoms with Gasteiger partial charge in [-0.05, 0) is 37.0 Å². The highest BCUT2D eigenvalue weighted by atomic mass is 16.6. The van der Waals surface area contributed by atoms with Crippen LogP contribution in [0, 0.1) is 0 Å². The van der Waals surface area contributed by atoms with Gasteiger partial charge in [0.2, 0.25) is 0 Å². The molecule has 78 valence electrons. The lowest BCUT2D eigenvalue weighted by molar-refractivity contribution is 0.134. The summed E-state index contributed by atoms with van der Waals surface area (Å²) < 4.78 is 5.14. The first-order valence-corrected chi connectivity index (χ1v) is 4.81. The summed E-state index contributed by atoms with van der Waals surface area (Å²) in [6.07, 6.45) is 3.12. The summed E-state index contributed by atoms with van der Waals surface area (Å²) in [5.41, 5.74) is 1.29. The Morgan fingerprint density at radius 3 is 2.86 bits per heavy atom. The van der Waals surface area contributed by atoms with Crippen molar-refractivity contribution in [3.05, 3.63) is 29.8 Å². The predicted octanol–water partition coefficient (Wildman–Crippen LogP) is 1.91. The third kappa shape index (κ3) is 3.77. The molecule has 0 radical (unpaired) electrons. The molecule has 0 unspecified atom stereocenters. The number of unbranched alkanes of at least 4 members (excludes halogenated alkanes) is 1. The molecule has 14 heavy (non-hydrogen) atoms. The molecule has 1 rings (SSSR count). The van der Waals surface area contributed by atoms with Gasteiger partial charge in [0.25, 0.3) is 0 Å². The highest BCUT2D eigenvalue weighted by molar-refractivity contribution is 5.28. The maximum atomic E-state index is 5.14. The van der Waals surface area contributed by atoms with Crippen molar-refractivity contribution >= 4 is 0 Å². The fraction of sp³-hybridized carbons (Fsp3) is 0.455. The van der Waals surface area contributed by atoms with E-state index in [1.165, 1.54) is 5.56 Å². The van der Waals surface area contributed by atoms with Crippen molar-refractivity contribution in [1.29, 1.82) is 0 Å². The van der Waals surface area contributed by atoms with E-state index >= 15 is 0 Å². The largest absolute Gasteiger partial charge is 0.497 e. The van der Waals surface area contributed by atoms with Crippen LogP contribution in [0.15, 0.2) is 24.3 Å². The van der Waals surface area contributed by atoms with Crippen molar-refractivity contribution in [3.8, 4) is 5.75 Å². The fourth-order valence-corrected chi connectivity index (χ4v) is 1.34. The molecule has 0 aliphatic heterocycles. The van der Waals surface area contributed by atoms with Gasteiger partial charge in [-0.15, -0.1) is 0 Å². The summed E-state index contributed by atoms with van der Waals surface area (Å²) in [4.78, 5) is 4.50. The Bertz CT molecular complexity index is 263. The highest BCUT2D eigenvalue weighted by Crippen LogP contribution is 2.14. The van der Waals surface area contributed by atoms with Crippen LogP contribution in [0.2, 0.25) is 0 Å². The Hall–Kier alpha value is -1.06. The molecule has 1 aromatic carbocycles. The number of hydrogen-bond donors (Lipinski definition) is 1. The maximum Gasteiger partial charge on any atom is 0.119 e. The molecule has 0 atom stereocenters. The van der Waals surface area contributed by atoms with Crippen LogP contribution in [-0.2, 0) is 11.3 Å². The summed E-state index contributed by atoms with van der Waals surface area (Å²) in [7, 11) is 1.68. The molecule has 0 aromatic heterocycles. The zero-order valence-corrected chi connectivity index (χ0v) is 8.53. The van der Waals surface area contributed by atoms with Gasteiger partial charge in [-0.2, -0.15) is 0 Å². The molecule has 3 heteroatoms. The van der Waals surface area contributed by atoms with Crippen LogP contribution in [-0.4, -0.2) is 13.7 Å². The van der Waals surface area contributed by atoms with E-state index in [0.29, 0.717) is 6.61 Å². The predicted molar refractivity (Wildman–Crippen MR) is 56.1 cm³/mol. The molecule has 0 aliphatic rings. The number of benzene rings is 1. The molecule has 2 N–H and O–H groups in total. The zero-order valence-electron chi connectivity index (χ0n) is 8.53. The molecule has 1 aromatic rings. The first-order chi connectivity index (χ1) is 6.86. The molecule has 0 heterocycles. The van der Waals surface area contributed by atoms with Crippen molar-refractivity contribution in [2.75, 3.05) is 13.7 Å². The number of aryl methyl sites for hydroxylation is 1. The number of ether oxygens (including phenoxy) is 1. The van der Waals surface area contributed by atoms with E-state index in [1.807, 2.05) is 12.1 Å². The highest BCUT2D eigenvalue weighted by Gasteiger charge is 1.95. The van der Waals surface area contributed by atoms with Gasteiger partial charge >= 0.3 is 0 Å². The number of rotatable bonds is 6. The minimum atomic E-state index is 0.629. The Balaban J connectivity index is 2.34. The van der Waals surface area contributed by atoms with Crippen LogP contribution in [0.4, 0.5) is 0 Å². The van der Waals surface area contributed by atoms with E-state index in [9.17, 15) is 0 Å². The summed E-state index contributed by atoms with van der Waals surface area (Å²) in [5, 5.41) is 0. The third-order valence-corrected chi connectivity index (χ3v) is 2.11. The topological polar surface area (TPSA) is 44.5 Å². The summed E-state index contributed by atoms with van der Waals surface area (Å²) >= 11 is 0. The van der Waals surface area contributed by atoms with Crippen molar-refractivity contribution < 1.29 is 9.57 Å². The average Bonchev–Trinajstić information content (AvgIpc) is 2.25. The maximum absolute atomic E-state index is 5.14. The van der Waals surface area contributed by atoms with Crippen molar-refractivity contribution in [2.45, 2.75) is 19.3 Å². The van der Waals surface area contributed by atoms with Crippen LogP contribution in [0.3, 0.4) is 0 Å². The second kappa shape index (κ2) is 6.40. The lowest BCUT2D eigenvalue weighted by atomic mass is 10.1. The van der Waals surface area contributed by atoms with Crippen LogP contribution in [0.25, 0.3) is 0 Å². The van der Waals surface area contributed by atoms with E-state index in [1.54, 1.807) is 7.11 Å². The van der Waals surface area contributed by atoms with E-state index in [-0.39, 0.29) is 0 Å². The summed E-state index contributed by atoms with van der Waals surface area (Å²) in [6, 6.07) is 8.12. The van der Waals surface area contributed by atoms with Crippen LogP contribution in [0.1, 0.15) is 18.4 Å². The number of hydrogen-bond acceptors (Lipinski definition) is 3. The van der Waals surface area contributed by atoms with E-state index in [2.05, 4.69) is 17.0 Å². The number of methoxy groups -OCH3 is 1. The van der Waals surface area contributed by atoms with E-state index in [4.69, 9.17) is 10.6 Å². The van der Waals surface area contributed by atoms with Gasteiger partial charge in [-0.3, -0.25) is 0 Å². The van der Waals surface area contributed by atoms with Gasteiger partial charge in [0.15, 0.2) is 0 Å². The summed E-state index contributed by atoms with van der Waals surface area (Å²) in [6.45, 7) is 0.629. The van der Waals surface area contributed by atoms with Crippen molar-refractivity contribution in [1.82, 2.24) is 0 Å². The SMILES string of the molecule is COc1cccc(CCCCON)c1. The quantitative estimate of drug-likeness (QED) is 0.557. The molecule has 0 spiro atoms. The molecule has 0 saturated heterocycles. The van der Waals surface area contributed by atoms with Crippen LogP contribution < -0.4 is 10.6 Å². The fourth-order valence-electron chi connectivity index (χ4n) is 1.34. The molecule has 0 fully saturated rings. The van der Waals surface area contributed by atoms with Gasteiger partial charge in [-0.1, -0.05) is 12.1 Å². The first kappa shape index (κ1) is 11.0. The Kier molecular flexibility index (Phi) is 5.04. The normalized spacial score (nSPS) is 10.1. The monoisotopic (exact) mass is 195 g/mol. The molecule has 0 saturated carbocycles. The second-order valence-electron chi connectivity index (χ2n) is 3.18.